The Morgan fingerprint density at radius 3 is 2.68 bits per heavy atom. The lowest BCUT2D eigenvalue weighted by molar-refractivity contribution is 0.0522. The molecule has 1 aromatic rings. The largest absolute Gasteiger partial charge is 0.444 e. The highest BCUT2D eigenvalue weighted by Gasteiger charge is 2.40. The van der Waals surface area contributed by atoms with Crippen molar-refractivity contribution in [2.24, 2.45) is 0 Å². The number of halogens is 2. The van der Waals surface area contributed by atoms with Gasteiger partial charge in [-0.1, -0.05) is 17.7 Å². The van der Waals surface area contributed by atoms with Gasteiger partial charge < -0.3 is 15.4 Å². The average molecular weight is 329 g/mol. The van der Waals surface area contributed by atoms with Crippen molar-refractivity contribution in [1.82, 2.24) is 10.6 Å². The van der Waals surface area contributed by atoms with Gasteiger partial charge in [-0.2, -0.15) is 0 Å². The van der Waals surface area contributed by atoms with Crippen LogP contribution in [0.15, 0.2) is 18.2 Å². The highest BCUT2D eigenvalue weighted by molar-refractivity contribution is 6.31. The first-order valence-corrected chi connectivity index (χ1v) is 7.74. The molecule has 1 amide bonds. The van der Waals surface area contributed by atoms with Gasteiger partial charge in [0.2, 0.25) is 0 Å². The average Bonchev–Trinajstić information content (AvgIpc) is 3.03. The number of alkyl carbamates (subject to hydrolysis) is 1. The van der Waals surface area contributed by atoms with Crippen molar-refractivity contribution in [3.8, 4) is 0 Å². The summed E-state index contributed by atoms with van der Waals surface area (Å²) < 4.78 is 18.3. The van der Waals surface area contributed by atoms with Gasteiger partial charge in [0, 0.05) is 23.1 Å². The van der Waals surface area contributed by atoms with E-state index in [-0.39, 0.29) is 23.9 Å². The Morgan fingerprint density at radius 2 is 2.09 bits per heavy atom. The Balaban J connectivity index is 1.82. The number of carbonyl (C=O) groups is 1. The summed E-state index contributed by atoms with van der Waals surface area (Å²) in [4.78, 5) is 11.7. The number of hydrogen-bond donors (Lipinski definition) is 2. The van der Waals surface area contributed by atoms with Crippen LogP contribution in [-0.4, -0.2) is 23.8 Å². The maximum absolute atomic E-state index is 13.1. The zero-order valence-electron chi connectivity index (χ0n) is 13.2. The highest BCUT2D eigenvalue weighted by Crippen LogP contribution is 2.29. The molecule has 1 aliphatic carbocycles. The molecule has 1 aromatic carbocycles. The van der Waals surface area contributed by atoms with Crippen molar-refractivity contribution in [1.29, 1.82) is 0 Å². The van der Waals surface area contributed by atoms with Crippen LogP contribution < -0.4 is 10.6 Å². The van der Waals surface area contributed by atoms with Gasteiger partial charge in [0.25, 0.3) is 0 Å². The van der Waals surface area contributed by atoms with E-state index in [0.29, 0.717) is 5.02 Å². The van der Waals surface area contributed by atoms with E-state index >= 15 is 0 Å². The number of hydrogen-bond acceptors (Lipinski definition) is 3. The van der Waals surface area contributed by atoms with Crippen molar-refractivity contribution in [3.05, 3.63) is 34.6 Å². The maximum Gasteiger partial charge on any atom is 0.407 e. The summed E-state index contributed by atoms with van der Waals surface area (Å²) in [6, 6.07) is 4.57. The van der Waals surface area contributed by atoms with Crippen LogP contribution in [0, 0.1) is 5.82 Å². The molecular formula is C16H22ClFN2O2. The van der Waals surface area contributed by atoms with Crippen molar-refractivity contribution >= 4 is 17.7 Å². The van der Waals surface area contributed by atoms with Crippen LogP contribution in [0.25, 0.3) is 0 Å². The SMILES string of the molecule is CC(NC1CC1NC(=O)OC(C)(C)C)c1ccc(F)cc1Cl. The van der Waals surface area contributed by atoms with Crippen molar-refractivity contribution in [2.45, 2.75) is 57.8 Å². The Labute approximate surface area is 135 Å². The third-order valence-corrected chi connectivity index (χ3v) is 3.71. The van der Waals surface area contributed by atoms with Crippen LogP contribution in [0.4, 0.5) is 9.18 Å². The standard InChI is InChI=1S/C16H22ClFN2O2/c1-9(11-6-5-10(18)7-12(11)17)19-13-8-14(13)20-15(21)22-16(2,3)4/h5-7,9,13-14,19H,8H2,1-4H3,(H,20,21). The molecule has 0 radical (unpaired) electrons. The maximum atomic E-state index is 13.1. The van der Waals surface area contributed by atoms with Gasteiger partial charge >= 0.3 is 6.09 Å². The molecule has 0 heterocycles. The molecule has 3 unspecified atom stereocenters. The molecule has 2 N–H and O–H groups in total. The molecule has 0 spiro atoms. The van der Waals surface area contributed by atoms with Crippen LogP contribution in [0.2, 0.25) is 5.02 Å². The molecule has 22 heavy (non-hydrogen) atoms. The topological polar surface area (TPSA) is 50.4 Å². The predicted molar refractivity (Wildman–Crippen MR) is 84.5 cm³/mol. The Morgan fingerprint density at radius 1 is 1.41 bits per heavy atom. The van der Waals surface area contributed by atoms with Crippen molar-refractivity contribution in [2.75, 3.05) is 0 Å². The second-order valence-electron chi connectivity index (χ2n) is 6.65. The third-order valence-electron chi connectivity index (χ3n) is 3.39. The third kappa shape index (κ3) is 4.85. The van der Waals surface area contributed by atoms with E-state index in [9.17, 15) is 9.18 Å². The van der Waals surface area contributed by atoms with Gasteiger partial charge in [0.15, 0.2) is 0 Å². The molecule has 1 saturated carbocycles. The van der Waals surface area contributed by atoms with Crippen LogP contribution in [0.1, 0.15) is 45.7 Å². The van der Waals surface area contributed by atoms with Gasteiger partial charge in [-0.3, -0.25) is 0 Å². The summed E-state index contributed by atoms with van der Waals surface area (Å²) in [5.74, 6) is -0.350. The Bertz CT molecular complexity index is 560. The first kappa shape index (κ1) is 17.0. The van der Waals surface area contributed by atoms with E-state index in [1.807, 2.05) is 27.7 Å². The molecule has 6 heteroatoms. The summed E-state index contributed by atoms with van der Waals surface area (Å²) in [6.45, 7) is 7.44. The zero-order chi connectivity index (χ0) is 16.5. The lowest BCUT2D eigenvalue weighted by atomic mass is 10.1. The molecule has 1 aliphatic rings. The highest BCUT2D eigenvalue weighted by atomic mass is 35.5. The summed E-state index contributed by atoms with van der Waals surface area (Å²) >= 11 is 6.05. The fourth-order valence-electron chi connectivity index (χ4n) is 2.26. The van der Waals surface area contributed by atoms with Gasteiger partial charge in [-0.15, -0.1) is 0 Å². The van der Waals surface area contributed by atoms with E-state index in [4.69, 9.17) is 16.3 Å². The molecule has 2 rings (SSSR count). The predicted octanol–water partition coefficient (Wildman–Crippen LogP) is 3.80. The van der Waals surface area contributed by atoms with Crippen LogP contribution in [0.3, 0.4) is 0 Å². The minimum atomic E-state index is -0.503. The van der Waals surface area contributed by atoms with E-state index < -0.39 is 11.7 Å². The minimum Gasteiger partial charge on any atom is -0.444 e. The van der Waals surface area contributed by atoms with Crippen molar-refractivity contribution < 1.29 is 13.9 Å². The lowest BCUT2D eigenvalue weighted by Crippen LogP contribution is -2.37. The lowest BCUT2D eigenvalue weighted by Gasteiger charge is -2.20. The molecular weight excluding hydrogens is 307 g/mol. The van der Waals surface area contributed by atoms with Crippen LogP contribution in [0.5, 0.6) is 0 Å². The van der Waals surface area contributed by atoms with Crippen molar-refractivity contribution in [3.63, 3.8) is 0 Å². The minimum absolute atomic E-state index is 0.0245. The Hall–Kier alpha value is -1.33. The number of benzene rings is 1. The number of carbonyl (C=O) groups excluding carboxylic acids is 1. The monoisotopic (exact) mass is 328 g/mol. The van der Waals surface area contributed by atoms with Gasteiger partial charge in [-0.05, 0) is 51.8 Å². The van der Waals surface area contributed by atoms with Gasteiger partial charge in [-0.25, -0.2) is 9.18 Å². The molecule has 1 fully saturated rings. The molecule has 0 aromatic heterocycles. The Kier molecular flexibility index (Phi) is 4.97. The first-order valence-electron chi connectivity index (χ1n) is 7.36. The zero-order valence-corrected chi connectivity index (χ0v) is 14.0. The summed E-state index contributed by atoms with van der Waals surface area (Å²) in [6.07, 6.45) is 0.428. The van der Waals surface area contributed by atoms with E-state index in [2.05, 4.69) is 10.6 Å². The second-order valence-corrected chi connectivity index (χ2v) is 7.06. The van der Waals surface area contributed by atoms with E-state index in [1.54, 1.807) is 6.07 Å². The number of nitrogens with one attached hydrogen (secondary N) is 2. The quantitative estimate of drug-likeness (QED) is 0.884. The number of amides is 1. The normalized spacial score (nSPS) is 22.1. The molecule has 0 saturated heterocycles. The molecule has 0 aliphatic heterocycles. The molecule has 0 bridgehead atoms. The molecule has 122 valence electrons. The van der Waals surface area contributed by atoms with Crippen LogP contribution in [-0.2, 0) is 4.74 Å². The fraction of sp³-hybridized carbons (Fsp3) is 0.562. The summed E-state index contributed by atoms with van der Waals surface area (Å²) in [7, 11) is 0. The summed E-state index contributed by atoms with van der Waals surface area (Å²) in [5.41, 5.74) is 0.336. The van der Waals surface area contributed by atoms with Gasteiger partial charge in [0.05, 0.1) is 0 Å². The molecule has 3 atom stereocenters. The van der Waals surface area contributed by atoms with Crippen LogP contribution >= 0.6 is 11.6 Å². The van der Waals surface area contributed by atoms with E-state index in [1.165, 1.54) is 12.1 Å². The molecule has 4 nitrogen and oxygen atoms in total. The first-order chi connectivity index (χ1) is 10.2. The number of rotatable bonds is 4. The number of ether oxygens (including phenoxy) is 1. The fourth-order valence-corrected chi connectivity index (χ4v) is 2.59. The smallest absolute Gasteiger partial charge is 0.407 e. The second kappa shape index (κ2) is 6.42. The van der Waals surface area contributed by atoms with E-state index in [0.717, 1.165) is 12.0 Å². The summed E-state index contributed by atoms with van der Waals surface area (Å²) in [5, 5.41) is 6.60. The van der Waals surface area contributed by atoms with Gasteiger partial charge in [0.1, 0.15) is 11.4 Å².